The van der Waals surface area contributed by atoms with Gasteiger partial charge in [0.05, 0.1) is 24.2 Å². The molecule has 1 heterocycles. The molecule has 1 N–H and O–H groups in total. The predicted molar refractivity (Wildman–Crippen MR) is 146 cm³/mol. The van der Waals surface area contributed by atoms with Gasteiger partial charge in [0, 0.05) is 5.56 Å². The van der Waals surface area contributed by atoms with Gasteiger partial charge in [-0.2, -0.15) is 0 Å². The standard InChI is InChI=1S/C29H26N2O5S/c1-3-10-22-15-21(16-24(35-2)27(22)36-19-26(32)33)17-25-28(34)31(18-20-11-6-4-7-12-20)29(37-25)30-23-13-8-5-9-14-23/h3-9,11-17H,1,10,18-19H2,2H3,(H,32,33). The van der Waals surface area contributed by atoms with E-state index in [1.165, 1.54) is 18.9 Å². The van der Waals surface area contributed by atoms with E-state index in [2.05, 4.69) is 6.58 Å². The molecule has 7 nitrogen and oxygen atoms in total. The molecule has 0 aromatic heterocycles. The van der Waals surface area contributed by atoms with Crippen LogP contribution in [0.15, 0.2) is 95.3 Å². The number of carboxylic acids is 1. The Morgan fingerprint density at radius 1 is 1.11 bits per heavy atom. The van der Waals surface area contributed by atoms with Gasteiger partial charge < -0.3 is 14.6 Å². The maximum absolute atomic E-state index is 13.5. The van der Waals surface area contributed by atoms with E-state index in [-0.39, 0.29) is 5.91 Å². The van der Waals surface area contributed by atoms with Gasteiger partial charge in [-0.1, -0.05) is 54.6 Å². The second-order valence-electron chi connectivity index (χ2n) is 8.10. The average Bonchev–Trinajstić information content (AvgIpc) is 3.17. The minimum atomic E-state index is -1.09. The van der Waals surface area contributed by atoms with Crippen molar-refractivity contribution in [2.24, 2.45) is 4.99 Å². The third-order valence-electron chi connectivity index (χ3n) is 5.43. The number of para-hydroxylation sites is 1. The highest BCUT2D eigenvalue weighted by atomic mass is 32.2. The van der Waals surface area contributed by atoms with Gasteiger partial charge in [-0.25, -0.2) is 9.79 Å². The summed E-state index contributed by atoms with van der Waals surface area (Å²) in [7, 11) is 1.49. The first-order valence-electron chi connectivity index (χ1n) is 11.5. The van der Waals surface area contributed by atoms with Crippen LogP contribution in [0.25, 0.3) is 6.08 Å². The zero-order chi connectivity index (χ0) is 26.2. The van der Waals surface area contributed by atoms with E-state index in [1.807, 2.05) is 66.7 Å². The van der Waals surface area contributed by atoms with Gasteiger partial charge in [0.1, 0.15) is 0 Å². The molecule has 0 unspecified atom stereocenters. The van der Waals surface area contributed by atoms with Gasteiger partial charge in [0.15, 0.2) is 23.3 Å². The van der Waals surface area contributed by atoms with E-state index in [9.17, 15) is 9.59 Å². The van der Waals surface area contributed by atoms with Gasteiger partial charge in [-0.3, -0.25) is 9.69 Å². The number of rotatable bonds is 10. The van der Waals surface area contributed by atoms with E-state index in [0.29, 0.717) is 45.7 Å². The summed E-state index contributed by atoms with van der Waals surface area (Å²) in [4.78, 5) is 31.5. The monoisotopic (exact) mass is 514 g/mol. The van der Waals surface area contributed by atoms with E-state index in [0.717, 1.165) is 11.3 Å². The number of allylic oxidation sites excluding steroid dienone is 1. The van der Waals surface area contributed by atoms with Crippen molar-refractivity contribution in [3.05, 3.63) is 107 Å². The predicted octanol–water partition coefficient (Wildman–Crippen LogP) is 5.69. The highest BCUT2D eigenvalue weighted by Crippen LogP contribution is 2.38. The van der Waals surface area contributed by atoms with Crippen LogP contribution < -0.4 is 9.47 Å². The summed E-state index contributed by atoms with van der Waals surface area (Å²) in [6.07, 6.45) is 3.92. The molecule has 0 spiro atoms. The third-order valence-corrected chi connectivity index (χ3v) is 6.44. The van der Waals surface area contributed by atoms with Gasteiger partial charge >= 0.3 is 5.97 Å². The van der Waals surface area contributed by atoms with Crippen LogP contribution in [0, 0.1) is 0 Å². The summed E-state index contributed by atoms with van der Waals surface area (Å²) < 4.78 is 11.0. The number of amidine groups is 1. The van der Waals surface area contributed by atoms with Crippen molar-refractivity contribution in [2.45, 2.75) is 13.0 Å². The molecule has 0 aliphatic carbocycles. The Labute approximate surface area is 219 Å². The maximum Gasteiger partial charge on any atom is 0.341 e. The lowest BCUT2D eigenvalue weighted by molar-refractivity contribution is -0.139. The lowest BCUT2D eigenvalue weighted by Gasteiger charge is -2.16. The number of carbonyl (C=O) groups excluding carboxylic acids is 1. The summed E-state index contributed by atoms with van der Waals surface area (Å²) >= 11 is 1.30. The third kappa shape index (κ3) is 6.48. The van der Waals surface area contributed by atoms with Crippen LogP contribution in [0.3, 0.4) is 0 Å². The number of methoxy groups -OCH3 is 1. The zero-order valence-electron chi connectivity index (χ0n) is 20.3. The zero-order valence-corrected chi connectivity index (χ0v) is 21.1. The smallest absolute Gasteiger partial charge is 0.341 e. The van der Waals surface area contributed by atoms with Crippen LogP contribution in [-0.2, 0) is 22.6 Å². The fourth-order valence-corrected chi connectivity index (χ4v) is 4.78. The Balaban J connectivity index is 1.72. The molecule has 1 aliphatic heterocycles. The van der Waals surface area contributed by atoms with Crippen LogP contribution in [0.1, 0.15) is 16.7 Å². The molecule has 1 aliphatic rings. The molecule has 0 radical (unpaired) electrons. The molecule has 0 saturated carbocycles. The molecule has 1 saturated heterocycles. The molecule has 0 bridgehead atoms. The van der Waals surface area contributed by atoms with E-state index < -0.39 is 12.6 Å². The first kappa shape index (κ1) is 25.8. The van der Waals surface area contributed by atoms with Crippen molar-refractivity contribution in [3.63, 3.8) is 0 Å². The summed E-state index contributed by atoms with van der Waals surface area (Å²) in [5, 5.41) is 9.63. The molecule has 8 heteroatoms. The van der Waals surface area contributed by atoms with Crippen LogP contribution in [0.2, 0.25) is 0 Å². The minimum absolute atomic E-state index is 0.154. The van der Waals surface area contributed by atoms with Crippen molar-refractivity contribution in [2.75, 3.05) is 13.7 Å². The number of thioether (sulfide) groups is 1. The normalized spacial score (nSPS) is 15.3. The number of carboxylic acid groups (broad SMARTS) is 1. The number of nitrogens with zero attached hydrogens (tertiary/aromatic N) is 2. The van der Waals surface area contributed by atoms with Crippen LogP contribution in [0.5, 0.6) is 11.5 Å². The number of aliphatic carboxylic acids is 1. The molecule has 0 atom stereocenters. The number of aliphatic imine (C=N–C) groups is 1. The summed E-state index contributed by atoms with van der Waals surface area (Å²) in [6.45, 7) is 3.68. The van der Waals surface area contributed by atoms with Crippen LogP contribution in [0.4, 0.5) is 5.69 Å². The largest absolute Gasteiger partial charge is 0.493 e. The first-order chi connectivity index (χ1) is 18.0. The maximum atomic E-state index is 13.5. The van der Waals surface area contributed by atoms with E-state index in [1.54, 1.807) is 23.1 Å². The van der Waals surface area contributed by atoms with Gasteiger partial charge in [0.2, 0.25) is 0 Å². The number of hydrogen-bond acceptors (Lipinski definition) is 6. The fraction of sp³-hybridized carbons (Fsp3) is 0.138. The molecule has 4 rings (SSSR count). The van der Waals surface area contributed by atoms with Crippen LogP contribution >= 0.6 is 11.8 Å². The first-order valence-corrected chi connectivity index (χ1v) is 12.4. The number of hydrogen-bond donors (Lipinski definition) is 1. The summed E-state index contributed by atoms with van der Waals surface area (Å²) in [6, 6.07) is 22.8. The Bertz CT molecular complexity index is 1350. The topological polar surface area (TPSA) is 88.4 Å². The highest BCUT2D eigenvalue weighted by molar-refractivity contribution is 8.18. The van der Waals surface area contributed by atoms with Gasteiger partial charge in [0.25, 0.3) is 5.91 Å². The minimum Gasteiger partial charge on any atom is -0.493 e. The van der Waals surface area contributed by atoms with Crippen molar-refractivity contribution in [1.29, 1.82) is 0 Å². The Kier molecular flexibility index (Phi) is 8.43. The molecule has 3 aromatic carbocycles. The van der Waals surface area contributed by atoms with Gasteiger partial charge in [-0.05, 0) is 59.7 Å². The highest BCUT2D eigenvalue weighted by Gasteiger charge is 2.33. The lowest BCUT2D eigenvalue weighted by Crippen LogP contribution is -2.28. The Hall–Kier alpha value is -4.30. The van der Waals surface area contributed by atoms with E-state index in [4.69, 9.17) is 19.6 Å². The van der Waals surface area contributed by atoms with Crippen molar-refractivity contribution < 1.29 is 24.2 Å². The van der Waals surface area contributed by atoms with Crippen molar-refractivity contribution in [3.8, 4) is 11.5 Å². The molecular weight excluding hydrogens is 488 g/mol. The second kappa shape index (κ2) is 12.1. The quantitative estimate of drug-likeness (QED) is 0.276. The Morgan fingerprint density at radius 3 is 2.46 bits per heavy atom. The summed E-state index contributed by atoms with van der Waals surface area (Å²) in [5.41, 5.74) is 3.17. The second-order valence-corrected chi connectivity index (χ2v) is 9.11. The molecule has 37 heavy (non-hydrogen) atoms. The van der Waals surface area contributed by atoms with Crippen LogP contribution in [-0.4, -0.2) is 40.8 Å². The fourth-order valence-electron chi connectivity index (χ4n) is 3.78. The molecule has 1 amide bonds. The molecule has 188 valence electrons. The van der Waals surface area contributed by atoms with Crippen molar-refractivity contribution in [1.82, 2.24) is 4.90 Å². The number of ether oxygens (including phenoxy) is 2. The summed E-state index contributed by atoms with van der Waals surface area (Å²) in [5.74, 6) is -0.523. The number of amides is 1. The van der Waals surface area contributed by atoms with Crippen molar-refractivity contribution >= 4 is 40.6 Å². The average molecular weight is 515 g/mol. The number of benzene rings is 3. The van der Waals surface area contributed by atoms with E-state index >= 15 is 0 Å². The number of carbonyl (C=O) groups is 2. The molecular formula is C29H26N2O5S. The van der Waals surface area contributed by atoms with Gasteiger partial charge in [-0.15, -0.1) is 6.58 Å². The lowest BCUT2D eigenvalue weighted by atomic mass is 10.0. The SMILES string of the molecule is C=CCc1cc(C=C2SC(=Nc3ccccc3)N(Cc3ccccc3)C2=O)cc(OC)c1OCC(=O)O. The molecule has 3 aromatic rings. The Morgan fingerprint density at radius 2 is 1.81 bits per heavy atom. The molecule has 1 fully saturated rings.